The van der Waals surface area contributed by atoms with Crippen LogP contribution in [0.3, 0.4) is 0 Å². The maximum absolute atomic E-state index is 4.51. The maximum atomic E-state index is 4.51. The number of nitrogens with zero attached hydrogens (tertiary/aromatic N) is 4. The predicted molar refractivity (Wildman–Crippen MR) is 85.5 cm³/mol. The largest absolute Gasteiger partial charge is 0.370 e. The Kier molecular flexibility index (Phi) is 5.99. The molecule has 2 aromatic heterocycles. The lowest BCUT2D eigenvalue weighted by molar-refractivity contribution is 0.591. The van der Waals surface area contributed by atoms with E-state index in [9.17, 15) is 0 Å². The normalized spacial score (nSPS) is 10.6. The van der Waals surface area contributed by atoms with E-state index in [0.717, 1.165) is 56.4 Å². The third kappa shape index (κ3) is 5.06. The van der Waals surface area contributed by atoms with E-state index in [2.05, 4.69) is 39.5 Å². The van der Waals surface area contributed by atoms with E-state index < -0.39 is 0 Å². The molecule has 0 aliphatic carbocycles. The number of hydrogen-bond acceptors (Lipinski definition) is 5. The summed E-state index contributed by atoms with van der Waals surface area (Å²) in [7, 11) is 0. The van der Waals surface area contributed by atoms with Gasteiger partial charge in [0.05, 0.1) is 0 Å². The zero-order chi connectivity index (χ0) is 14.9. The molecular formula is C15H24N6. The summed E-state index contributed by atoms with van der Waals surface area (Å²) >= 11 is 0. The van der Waals surface area contributed by atoms with Crippen LogP contribution in [0.25, 0.3) is 0 Å². The van der Waals surface area contributed by atoms with Crippen molar-refractivity contribution in [3.05, 3.63) is 30.4 Å². The van der Waals surface area contributed by atoms with Crippen molar-refractivity contribution in [2.45, 2.75) is 39.7 Å². The van der Waals surface area contributed by atoms with Gasteiger partial charge in [-0.15, -0.1) is 0 Å². The minimum absolute atomic E-state index is 0.837. The van der Waals surface area contributed by atoms with Crippen LogP contribution >= 0.6 is 0 Å². The number of nitrogens with one attached hydrogen (secondary N) is 2. The Bertz CT molecular complexity index is 523. The fourth-order valence-electron chi connectivity index (χ4n) is 1.98. The zero-order valence-corrected chi connectivity index (χ0v) is 12.8. The summed E-state index contributed by atoms with van der Waals surface area (Å²) in [4.78, 5) is 8.99. The molecule has 0 bridgehead atoms. The molecule has 0 aliphatic rings. The summed E-state index contributed by atoms with van der Waals surface area (Å²) in [6.45, 7) is 6.92. The van der Waals surface area contributed by atoms with Crippen LogP contribution in [0.1, 0.15) is 32.5 Å². The molecule has 0 aromatic carbocycles. The van der Waals surface area contributed by atoms with Crippen molar-refractivity contribution in [1.82, 2.24) is 19.7 Å². The van der Waals surface area contributed by atoms with Crippen molar-refractivity contribution in [3.8, 4) is 0 Å². The smallest absolute Gasteiger partial charge is 0.132 e. The number of rotatable bonds is 9. The lowest BCUT2D eigenvalue weighted by Crippen LogP contribution is -2.11. The minimum atomic E-state index is 0.837. The first-order valence-electron chi connectivity index (χ1n) is 7.65. The van der Waals surface area contributed by atoms with Gasteiger partial charge in [0, 0.05) is 44.5 Å². The Hall–Kier alpha value is -2.11. The van der Waals surface area contributed by atoms with Crippen molar-refractivity contribution < 1.29 is 0 Å². The number of hydrogen-bond donors (Lipinski definition) is 2. The quantitative estimate of drug-likeness (QED) is 0.694. The molecule has 114 valence electrons. The van der Waals surface area contributed by atoms with Gasteiger partial charge in [0.1, 0.15) is 17.5 Å². The van der Waals surface area contributed by atoms with Crippen LogP contribution < -0.4 is 10.6 Å². The molecule has 21 heavy (non-hydrogen) atoms. The molecule has 0 aliphatic heterocycles. The van der Waals surface area contributed by atoms with Crippen molar-refractivity contribution in [2.24, 2.45) is 0 Å². The van der Waals surface area contributed by atoms with Gasteiger partial charge in [0.2, 0.25) is 0 Å². The third-order valence-corrected chi connectivity index (χ3v) is 3.07. The second-order valence-corrected chi connectivity index (χ2v) is 4.88. The van der Waals surface area contributed by atoms with E-state index >= 15 is 0 Å². The Morgan fingerprint density at radius 2 is 1.86 bits per heavy atom. The molecule has 6 nitrogen and oxygen atoms in total. The summed E-state index contributed by atoms with van der Waals surface area (Å²) < 4.78 is 1.94. The highest BCUT2D eigenvalue weighted by Crippen LogP contribution is 2.12. The molecule has 2 heterocycles. The van der Waals surface area contributed by atoms with E-state index in [1.54, 1.807) is 6.20 Å². The molecule has 0 unspecified atom stereocenters. The molecule has 0 amide bonds. The highest BCUT2D eigenvalue weighted by molar-refractivity contribution is 5.47. The molecule has 0 saturated carbocycles. The molecule has 0 spiro atoms. The van der Waals surface area contributed by atoms with Gasteiger partial charge >= 0.3 is 0 Å². The lowest BCUT2D eigenvalue weighted by Gasteiger charge is -2.10. The molecular weight excluding hydrogens is 264 g/mol. The van der Waals surface area contributed by atoms with Crippen molar-refractivity contribution in [2.75, 3.05) is 23.7 Å². The number of anilines is 2. The van der Waals surface area contributed by atoms with Crippen LogP contribution in [0.5, 0.6) is 0 Å². The highest BCUT2D eigenvalue weighted by atomic mass is 15.3. The van der Waals surface area contributed by atoms with Crippen molar-refractivity contribution in [1.29, 1.82) is 0 Å². The molecule has 6 heteroatoms. The predicted octanol–water partition coefficient (Wildman–Crippen LogP) is 2.56. The standard InChI is InChI=1S/C15H24N6/c1-3-7-16-14-12-15(20-13(4-2)19-14)17-8-5-10-21-11-6-9-18-21/h6,9,11-12H,3-5,7-8,10H2,1-2H3,(H2,16,17,19,20). The van der Waals surface area contributed by atoms with Gasteiger partial charge in [-0.25, -0.2) is 9.97 Å². The van der Waals surface area contributed by atoms with E-state index in [1.165, 1.54) is 0 Å². The average molecular weight is 288 g/mol. The minimum Gasteiger partial charge on any atom is -0.370 e. The van der Waals surface area contributed by atoms with Crippen LogP contribution in [0.15, 0.2) is 24.5 Å². The molecule has 0 saturated heterocycles. The van der Waals surface area contributed by atoms with E-state index in [4.69, 9.17) is 0 Å². The monoisotopic (exact) mass is 288 g/mol. The molecule has 0 fully saturated rings. The molecule has 2 rings (SSSR count). The second-order valence-electron chi connectivity index (χ2n) is 4.88. The maximum Gasteiger partial charge on any atom is 0.132 e. The van der Waals surface area contributed by atoms with Gasteiger partial charge in [-0.2, -0.15) is 5.10 Å². The summed E-state index contributed by atoms with van der Waals surface area (Å²) in [5.41, 5.74) is 0. The van der Waals surface area contributed by atoms with Gasteiger partial charge in [-0.1, -0.05) is 13.8 Å². The van der Waals surface area contributed by atoms with Crippen molar-refractivity contribution >= 4 is 11.6 Å². The van der Waals surface area contributed by atoms with Gasteiger partial charge in [0.25, 0.3) is 0 Å². The third-order valence-electron chi connectivity index (χ3n) is 3.07. The number of aromatic nitrogens is 4. The Morgan fingerprint density at radius 1 is 1.10 bits per heavy atom. The Labute approximate surface area is 126 Å². The van der Waals surface area contributed by atoms with E-state index in [1.807, 2.05) is 23.0 Å². The first kappa shape index (κ1) is 15.3. The molecule has 2 N–H and O–H groups in total. The van der Waals surface area contributed by atoms with Crippen LogP contribution in [0.4, 0.5) is 11.6 Å². The second kappa shape index (κ2) is 8.24. The first-order chi connectivity index (χ1) is 10.3. The fourth-order valence-corrected chi connectivity index (χ4v) is 1.98. The number of aryl methyl sites for hydroxylation is 2. The van der Waals surface area contributed by atoms with E-state index in [0.29, 0.717) is 0 Å². The van der Waals surface area contributed by atoms with Gasteiger partial charge < -0.3 is 10.6 Å². The fraction of sp³-hybridized carbons (Fsp3) is 0.533. The first-order valence-corrected chi connectivity index (χ1v) is 7.65. The van der Waals surface area contributed by atoms with Crippen LogP contribution in [0, 0.1) is 0 Å². The SMILES string of the molecule is CCCNc1cc(NCCCn2cccn2)nc(CC)n1. The van der Waals surface area contributed by atoms with Gasteiger partial charge in [-0.05, 0) is 18.9 Å². The van der Waals surface area contributed by atoms with E-state index in [-0.39, 0.29) is 0 Å². The average Bonchev–Trinajstić information content (AvgIpc) is 3.02. The lowest BCUT2D eigenvalue weighted by atomic mass is 10.3. The van der Waals surface area contributed by atoms with Gasteiger partial charge in [0.15, 0.2) is 0 Å². The summed E-state index contributed by atoms with van der Waals surface area (Å²) in [6, 6.07) is 3.92. The zero-order valence-electron chi connectivity index (χ0n) is 12.8. The summed E-state index contributed by atoms with van der Waals surface area (Å²) in [6.07, 6.45) is 6.70. The highest BCUT2D eigenvalue weighted by Gasteiger charge is 2.03. The Morgan fingerprint density at radius 3 is 2.48 bits per heavy atom. The molecule has 0 radical (unpaired) electrons. The van der Waals surface area contributed by atoms with Crippen molar-refractivity contribution in [3.63, 3.8) is 0 Å². The molecule has 0 atom stereocenters. The summed E-state index contributed by atoms with van der Waals surface area (Å²) in [5.74, 6) is 2.66. The Balaban J connectivity index is 1.85. The van der Waals surface area contributed by atoms with Crippen LogP contribution in [-0.4, -0.2) is 32.8 Å². The topological polar surface area (TPSA) is 67.7 Å². The van der Waals surface area contributed by atoms with Gasteiger partial charge in [-0.3, -0.25) is 4.68 Å². The van der Waals surface area contributed by atoms with Crippen LogP contribution in [0.2, 0.25) is 0 Å². The molecule has 2 aromatic rings. The summed E-state index contributed by atoms with van der Waals surface area (Å²) in [5, 5.41) is 10.9. The van der Waals surface area contributed by atoms with Crippen LogP contribution in [-0.2, 0) is 13.0 Å².